The monoisotopic (exact) mass is 346 g/mol. The van der Waals surface area contributed by atoms with Crippen LogP contribution in [-0.4, -0.2) is 11.1 Å². The lowest BCUT2D eigenvalue weighted by Gasteiger charge is -2.07. The number of anilines is 1. The van der Waals surface area contributed by atoms with Crippen LogP contribution in [-0.2, 0) is 0 Å². The van der Waals surface area contributed by atoms with Gasteiger partial charge in [-0.2, -0.15) is 0 Å². The van der Waals surface area contributed by atoms with Crippen LogP contribution in [0.25, 0.3) is 6.08 Å². The highest BCUT2D eigenvalue weighted by Gasteiger charge is 2.04. The van der Waals surface area contributed by atoms with Gasteiger partial charge in [0.25, 0.3) is 0 Å². The molecule has 0 aliphatic carbocycles. The Labute approximate surface area is 131 Å². The molecule has 21 heavy (non-hydrogen) atoms. The molecule has 4 nitrogen and oxygen atoms in total. The molecular formula is C16H15BrN2O2. The zero-order valence-electron chi connectivity index (χ0n) is 11.4. The standard InChI is InChI=1S/C16H15BrN2O2/c1-11-6-7-14(15(20)10-11)19-16(21)18-9-8-12-4-2-3-5-13(12)17/h2-10,20H,1H3,(H2,18,19,21)/b9-8+. The van der Waals surface area contributed by atoms with Crippen molar-refractivity contribution in [3.05, 3.63) is 64.3 Å². The van der Waals surface area contributed by atoms with Gasteiger partial charge in [0.05, 0.1) is 5.69 Å². The van der Waals surface area contributed by atoms with E-state index in [1.54, 1.807) is 24.4 Å². The number of hydrogen-bond acceptors (Lipinski definition) is 2. The normalized spacial score (nSPS) is 10.6. The van der Waals surface area contributed by atoms with E-state index in [0.717, 1.165) is 15.6 Å². The van der Waals surface area contributed by atoms with E-state index in [9.17, 15) is 9.90 Å². The van der Waals surface area contributed by atoms with Gasteiger partial charge in [0.2, 0.25) is 0 Å². The Bertz CT molecular complexity index is 684. The Morgan fingerprint density at radius 3 is 2.71 bits per heavy atom. The molecule has 0 bridgehead atoms. The van der Waals surface area contributed by atoms with Gasteiger partial charge in [-0.1, -0.05) is 40.2 Å². The number of phenols is 1. The fourth-order valence-corrected chi connectivity index (χ4v) is 2.14. The first-order chi connectivity index (χ1) is 10.1. The first-order valence-corrected chi connectivity index (χ1v) is 7.14. The van der Waals surface area contributed by atoms with E-state index in [0.29, 0.717) is 5.69 Å². The Morgan fingerprint density at radius 2 is 2.00 bits per heavy atom. The average Bonchev–Trinajstić information content (AvgIpc) is 2.44. The third kappa shape index (κ3) is 4.36. The summed E-state index contributed by atoms with van der Waals surface area (Å²) in [6.07, 6.45) is 3.32. The van der Waals surface area contributed by atoms with E-state index >= 15 is 0 Å². The molecule has 0 atom stereocenters. The zero-order chi connectivity index (χ0) is 15.2. The summed E-state index contributed by atoms with van der Waals surface area (Å²) in [7, 11) is 0. The van der Waals surface area contributed by atoms with Crippen molar-refractivity contribution in [1.82, 2.24) is 5.32 Å². The van der Waals surface area contributed by atoms with Crippen LogP contribution < -0.4 is 10.6 Å². The van der Waals surface area contributed by atoms with Crippen molar-refractivity contribution in [3.63, 3.8) is 0 Å². The first-order valence-electron chi connectivity index (χ1n) is 6.34. The largest absolute Gasteiger partial charge is 0.506 e. The van der Waals surface area contributed by atoms with E-state index in [4.69, 9.17) is 0 Å². The third-order valence-corrected chi connectivity index (χ3v) is 3.51. The molecule has 2 rings (SSSR count). The molecule has 2 aromatic rings. The van der Waals surface area contributed by atoms with Crippen molar-refractivity contribution in [3.8, 4) is 5.75 Å². The predicted octanol–water partition coefficient (Wildman–Crippen LogP) is 4.26. The number of amides is 2. The van der Waals surface area contributed by atoms with E-state index < -0.39 is 6.03 Å². The summed E-state index contributed by atoms with van der Waals surface area (Å²) in [6, 6.07) is 12.3. The molecule has 2 aromatic carbocycles. The lowest BCUT2D eigenvalue weighted by molar-refractivity contribution is 0.255. The summed E-state index contributed by atoms with van der Waals surface area (Å²) in [6.45, 7) is 1.87. The molecule has 0 heterocycles. The Balaban J connectivity index is 1.95. The summed E-state index contributed by atoms with van der Waals surface area (Å²) in [4.78, 5) is 11.7. The van der Waals surface area contributed by atoms with Crippen LogP contribution in [0.4, 0.5) is 10.5 Å². The summed E-state index contributed by atoms with van der Waals surface area (Å²) in [5.74, 6) is 0.0416. The number of benzene rings is 2. The number of aromatic hydroxyl groups is 1. The molecule has 0 fully saturated rings. The van der Waals surface area contributed by atoms with Crippen molar-refractivity contribution < 1.29 is 9.90 Å². The van der Waals surface area contributed by atoms with E-state index in [1.165, 1.54) is 0 Å². The molecule has 0 aliphatic heterocycles. The molecule has 5 heteroatoms. The highest BCUT2D eigenvalue weighted by molar-refractivity contribution is 9.10. The topological polar surface area (TPSA) is 61.4 Å². The van der Waals surface area contributed by atoms with Gasteiger partial charge in [-0.3, -0.25) is 0 Å². The quantitative estimate of drug-likeness (QED) is 0.727. The summed E-state index contributed by atoms with van der Waals surface area (Å²) in [5, 5.41) is 14.9. The van der Waals surface area contributed by atoms with Crippen molar-refractivity contribution in [2.45, 2.75) is 6.92 Å². The van der Waals surface area contributed by atoms with Gasteiger partial charge in [0.1, 0.15) is 5.75 Å². The van der Waals surface area contributed by atoms with Crippen LogP contribution in [0.15, 0.2) is 53.1 Å². The highest BCUT2D eigenvalue weighted by atomic mass is 79.9. The Hall–Kier alpha value is -2.27. The Morgan fingerprint density at radius 1 is 1.24 bits per heavy atom. The number of phenolic OH excluding ortho intramolecular Hbond substituents is 1. The fourth-order valence-electron chi connectivity index (χ4n) is 1.72. The molecular weight excluding hydrogens is 332 g/mol. The molecule has 0 radical (unpaired) electrons. The second-order valence-corrected chi connectivity index (χ2v) is 5.33. The van der Waals surface area contributed by atoms with Crippen LogP contribution in [0.5, 0.6) is 5.75 Å². The lowest BCUT2D eigenvalue weighted by atomic mass is 10.2. The smallest absolute Gasteiger partial charge is 0.323 e. The van der Waals surface area contributed by atoms with Crippen LogP contribution in [0, 0.1) is 6.92 Å². The van der Waals surface area contributed by atoms with Gasteiger partial charge >= 0.3 is 6.03 Å². The maximum Gasteiger partial charge on any atom is 0.323 e. The van der Waals surface area contributed by atoms with Gasteiger partial charge in [-0.05, 0) is 42.3 Å². The molecule has 3 N–H and O–H groups in total. The number of carbonyl (C=O) groups is 1. The number of aryl methyl sites for hydroxylation is 1. The SMILES string of the molecule is Cc1ccc(NC(=O)N/C=C/c2ccccc2Br)c(O)c1. The molecule has 0 unspecified atom stereocenters. The summed E-state index contributed by atoms with van der Waals surface area (Å²) >= 11 is 3.42. The molecule has 108 valence electrons. The van der Waals surface area contributed by atoms with Crippen molar-refractivity contribution >= 4 is 33.7 Å². The number of halogens is 1. The molecule has 0 saturated heterocycles. The minimum atomic E-state index is -0.419. The fraction of sp³-hybridized carbons (Fsp3) is 0.0625. The van der Waals surface area contributed by atoms with E-state index in [-0.39, 0.29) is 5.75 Å². The van der Waals surface area contributed by atoms with E-state index in [1.807, 2.05) is 37.3 Å². The number of hydrogen-bond donors (Lipinski definition) is 3. The van der Waals surface area contributed by atoms with Gasteiger partial charge in [-0.25, -0.2) is 4.79 Å². The van der Waals surface area contributed by atoms with Gasteiger partial charge in [0, 0.05) is 10.7 Å². The minimum Gasteiger partial charge on any atom is -0.506 e. The zero-order valence-corrected chi connectivity index (χ0v) is 13.0. The van der Waals surface area contributed by atoms with Crippen LogP contribution in [0.1, 0.15) is 11.1 Å². The average molecular weight is 347 g/mol. The van der Waals surface area contributed by atoms with Crippen molar-refractivity contribution in [2.75, 3.05) is 5.32 Å². The maximum atomic E-state index is 11.7. The van der Waals surface area contributed by atoms with Crippen LogP contribution >= 0.6 is 15.9 Å². The molecule has 0 saturated carbocycles. The number of carbonyl (C=O) groups excluding carboxylic acids is 1. The summed E-state index contributed by atoms with van der Waals surface area (Å²) in [5.41, 5.74) is 2.25. The second kappa shape index (κ2) is 6.95. The minimum absolute atomic E-state index is 0.0416. The van der Waals surface area contributed by atoms with Crippen LogP contribution in [0.2, 0.25) is 0 Å². The summed E-state index contributed by atoms with van der Waals surface area (Å²) < 4.78 is 0.944. The lowest BCUT2D eigenvalue weighted by Crippen LogP contribution is -2.23. The van der Waals surface area contributed by atoms with Gasteiger partial charge in [0.15, 0.2) is 0 Å². The third-order valence-electron chi connectivity index (χ3n) is 2.78. The number of nitrogens with one attached hydrogen (secondary N) is 2. The Kier molecular flexibility index (Phi) is 5.00. The molecule has 0 spiro atoms. The predicted molar refractivity (Wildman–Crippen MR) is 88.2 cm³/mol. The molecule has 0 aromatic heterocycles. The first kappa shape index (κ1) is 15.1. The van der Waals surface area contributed by atoms with Crippen molar-refractivity contribution in [2.24, 2.45) is 0 Å². The number of rotatable bonds is 3. The molecule has 2 amide bonds. The van der Waals surface area contributed by atoms with Crippen LogP contribution in [0.3, 0.4) is 0 Å². The van der Waals surface area contributed by atoms with Gasteiger partial charge in [-0.15, -0.1) is 0 Å². The van der Waals surface area contributed by atoms with Crippen molar-refractivity contribution in [1.29, 1.82) is 0 Å². The molecule has 0 aliphatic rings. The van der Waals surface area contributed by atoms with Gasteiger partial charge < -0.3 is 15.7 Å². The highest BCUT2D eigenvalue weighted by Crippen LogP contribution is 2.23. The second-order valence-electron chi connectivity index (χ2n) is 4.47. The van der Waals surface area contributed by atoms with E-state index in [2.05, 4.69) is 26.6 Å². The maximum absolute atomic E-state index is 11.7. The number of urea groups is 1.